The molecule has 28 heavy (non-hydrogen) atoms. The van der Waals surface area contributed by atoms with E-state index in [2.05, 4.69) is 29.8 Å². The molecule has 1 fully saturated rings. The van der Waals surface area contributed by atoms with Crippen molar-refractivity contribution >= 4 is 33.1 Å². The number of hydrogen-bond acceptors (Lipinski definition) is 4. The fraction of sp³-hybridized carbons (Fsp3) is 0.318. The summed E-state index contributed by atoms with van der Waals surface area (Å²) in [5.41, 5.74) is 2.03. The molecule has 0 radical (unpaired) electrons. The zero-order valence-corrected chi connectivity index (χ0v) is 17.7. The molecule has 0 saturated carbocycles. The second-order valence-electron chi connectivity index (χ2n) is 7.42. The molecule has 3 aromatic rings. The minimum Gasteiger partial charge on any atom is -0.294 e. The van der Waals surface area contributed by atoms with Gasteiger partial charge in [0.15, 0.2) is 0 Å². The molecule has 1 aliphatic heterocycles. The van der Waals surface area contributed by atoms with Crippen LogP contribution >= 0.6 is 12.4 Å². The SMILES string of the molecule is CC1CCC(C)N1Cc1cccc2cc(S(=O)(=O)c3ccccc3)cnc12.Cl. The molecule has 0 spiro atoms. The summed E-state index contributed by atoms with van der Waals surface area (Å²) >= 11 is 0. The molecule has 1 aliphatic rings. The molecule has 148 valence electrons. The highest BCUT2D eigenvalue weighted by Crippen LogP contribution is 2.29. The first-order valence-electron chi connectivity index (χ1n) is 9.40. The molecule has 2 atom stereocenters. The van der Waals surface area contributed by atoms with Gasteiger partial charge in [-0.05, 0) is 50.5 Å². The summed E-state index contributed by atoms with van der Waals surface area (Å²) < 4.78 is 25.8. The van der Waals surface area contributed by atoms with Crippen molar-refractivity contribution in [3.05, 3.63) is 66.4 Å². The number of halogens is 1. The van der Waals surface area contributed by atoms with Crippen LogP contribution in [0.15, 0.2) is 70.6 Å². The van der Waals surface area contributed by atoms with E-state index in [1.54, 1.807) is 30.3 Å². The number of hydrogen-bond donors (Lipinski definition) is 0. The van der Waals surface area contributed by atoms with Gasteiger partial charge in [0.1, 0.15) is 0 Å². The molecule has 4 nitrogen and oxygen atoms in total. The summed E-state index contributed by atoms with van der Waals surface area (Å²) in [5, 5.41) is 0.865. The Balaban J connectivity index is 0.00000225. The third-order valence-electron chi connectivity index (χ3n) is 5.62. The van der Waals surface area contributed by atoms with E-state index in [0.29, 0.717) is 17.0 Å². The number of likely N-dealkylation sites (tertiary alicyclic amines) is 1. The number of rotatable bonds is 4. The van der Waals surface area contributed by atoms with E-state index in [9.17, 15) is 8.42 Å². The van der Waals surface area contributed by atoms with Crippen LogP contribution in [0, 0.1) is 0 Å². The van der Waals surface area contributed by atoms with Crippen LogP contribution < -0.4 is 0 Å². The quantitative estimate of drug-likeness (QED) is 0.609. The number of nitrogens with zero attached hydrogens (tertiary/aromatic N) is 2. The molecule has 2 aromatic carbocycles. The van der Waals surface area contributed by atoms with Crippen LogP contribution in [0.1, 0.15) is 32.3 Å². The first-order chi connectivity index (χ1) is 13.0. The largest absolute Gasteiger partial charge is 0.294 e. The Kier molecular flexibility index (Phi) is 6.08. The molecular formula is C22H25ClN2O2S. The third kappa shape index (κ3) is 3.79. The summed E-state index contributed by atoms with van der Waals surface area (Å²) in [4.78, 5) is 7.60. The minimum absolute atomic E-state index is 0. The van der Waals surface area contributed by atoms with Gasteiger partial charge in [-0.1, -0.05) is 36.4 Å². The highest BCUT2D eigenvalue weighted by atomic mass is 35.5. The van der Waals surface area contributed by atoms with Gasteiger partial charge in [0.05, 0.1) is 15.3 Å². The van der Waals surface area contributed by atoms with E-state index >= 15 is 0 Å². The molecular weight excluding hydrogens is 392 g/mol. The molecule has 0 bridgehead atoms. The Bertz CT molecular complexity index is 1060. The standard InChI is InChI=1S/C22H24N2O2S.ClH/c1-16-11-12-17(2)24(16)15-19-8-6-7-18-13-21(14-23-22(18)19)27(25,26)20-9-4-3-5-10-20;/h3-10,13-14,16-17H,11-12,15H2,1-2H3;1H. The maximum Gasteiger partial charge on any atom is 0.208 e. The lowest BCUT2D eigenvalue weighted by molar-refractivity contribution is 0.206. The summed E-state index contributed by atoms with van der Waals surface area (Å²) in [6.45, 7) is 5.39. The zero-order chi connectivity index (χ0) is 19.0. The molecule has 4 rings (SSSR count). The minimum atomic E-state index is -3.56. The highest BCUT2D eigenvalue weighted by molar-refractivity contribution is 7.91. The van der Waals surface area contributed by atoms with Crippen molar-refractivity contribution in [2.75, 3.05) is 0 Å². The third-order valence-corrected chi connectivity index (χ3v) is 7.36. The predicted molar refractivity (Wildman–Crippen MR) is 115 cm³/mol. The summed E-state index contributed by atoms with van der Waals surface area (Å²) in [6, 6.07) is 17.4. The van der Waals surface area contributed by atoms with Crippen LogP contribution in [0.3, 0.4) is 0 Å². The number of fused-ring (bicyclic) bond motifs is 1. The van der Waals surface area contributed by atoms with Crippen molar-refractivity contribution in [2.45, 2.75) is 55.1 Å². The smallest absolute Gasteiger partial charge is 0.208 e. The van der Waals surface area contributed by atoms with E-state index in [4.69, 9.17) is 0 Å². The van der Waals surface area contributed by atoms with Gasteiger partial charge in [-0.25, -0.2) is 8.42 Å². The Morgan fingerprint density at radius 2 is 1.64 bits per heavy atom. The van der Waals surface area contributed by atoms with Crippen molar-refractivity contribution in [3.63, 3.8) is 0 Å². The van der Waals surface area contributed by atoms with Gasteiger partial charge < -0.3 is 0 Å². The van der Waals surface area contributed by atoms with Gasteiger partial charge in [-0.15, -0.1) is 12.4 Å². The van der Waals surface area contributed by atoms with Gasteiger partial charge in [0.25, 0.3) is 0 Å². The van der Waals surface area contributed by atoms with Crippen molar-refractivity contribution in [3.8, 4) is 0 Å². The van der Waals surface area contributed by atoms with Crippen LogP contribution in [0.25, 0.3) is 10.9 Å². The van der Waals surface area contributed by atoms with E-state index < -0.39 is 9.84 Å². The van der Waals surface area contributed by atoms with Crippen molar-refractivity contribution < 1.29 is 8.42 Å². The average molecular weight is 417 g/mol. The summed E-state index contributed by atoms with van der Waals surface area (Å²) in [7, 11) is -3.56. The van der Waals surface area contributed by atoms with Crippen LogP contribution in [-0.2, 0) is 16.4 Å². The number of aromatic nitrogens is 1. The first kappa shape index (κ1) is 20.8. The highest BCUT2D eigenvalue weighted by Gasteiger charge is 2.27. The fourth-order valence-corrected chi connectivity index (χ4v) is 5.23. The first-order valence-corrected chi connectivity index (χ1v) is 10.9. The van der Waals surface area contributed by atoms with E-state index in [0.717, 1.165) is 23.0 Å². The molecule has 1 aromatic heterocycles. The van der Waals surface area contributed by atoms with Crippen molar-refractivity contribution in [1.29, 1.82) is 0 Å². The Morgan fingerprint density at radius 1 is 0.964 bits per heavy atom. The maximum absolute atomic E-state index is 12.9. The van der Waals surface area contributed by atoms with Crippen molar-refractivity contribution in [1.82, 2.24) is 9.88 Å². The monoisotopic (exact) mass is 416 g/mol. The Hall–Kier alpha value is -1.95. The molecule has 0 aliphatic carbocycles. The number of sulfone groups is 1. The van der Waals surface area contributed by atoms with Crippen LogP contribution in [0.5, 0.6) is 0 Å². The van der Waals surface area contributed by atoms with Gasteiger partial charge in [0.2, 0.25) is 9.84 Å². The number of pyridine rings is 1. The van der Waals surface area contributed by atoms with E-state index in [1.807, 2.05) is 18.2 Å². The average Bonchev–Trinajstić information content (AvgIpc) is 3.00. The molecule has 6 heteroatoms. The maximum atomic E-state index is 12.9. The summed E-state index contributed by atoms with van der Waals surface area (Å²) in [5.74, 6) is 0. The van der Waals surface area contributed by atoms with Crippen molar-refractivity contribution in [2.24, 2.45) is 0 Å². The number of para-hydroxylation sites is 1. The molecule has 2 unspecified atom stereocenters. The lowest BCUT2D eigenvalue weighted by Crippen LogP contribution is -2.32. The Morgan fingerprint density at radius 3 is 2.32 bits per heavy atom. The van der Waals surface area contributed by atoms with Gasteiger partial charge in [-0.2, -0.15) is 0 Å². The van der Waals surface area contributed by atoms with E-state index in [1.165, 1.54) is 19.0 Å². The van der Waals surface area contributed by atoms with Crippen LogP contribution in [0.2, 0.25) is 0 Å². The molecule has 0 N–H and O–H groups in total. The molecule has 2 heterocycles. The topological polar surface area (TPSA) is 50.3 Å². The van der Waals surface area contributed by atoms with Crippen LogP contribution in [-0.4, -0.2) is 30.4 Å². The van der Waals surface area contributed by atoms with Gasteiger partial charge in [0, 0.05) is 30.2 Å². The van der Waals surface area contributed by atoms with Gasteiger partial charge in [-0.3, -0.25) is 9.88 Å². The van der Waals surface area contributed by atoms with Gasteiger partial charge >= 0.3 is 0 Å². The number of benzene rings is 2. The molecule has 0 amide bonds. The van der Waals surface area contributed by atoms with E-state index in [-0.39, 0.29) is 17.3 Å². The summed E-state index contributed by atoms with van der Waals surface area (Å²) in [6.07, 6.45) is 3.93. The van der Waals surface area contributed by atoms with Crippen LogP contribution in [0.4, 0.5) is 0 Å². The lowest BCUT2D eigenvalue weighted by atomic mass is 10.1. The normalized spacial score (nSPS) is 20.2. The predicted octanol–water partition coefficient (Wildman–Crippen LogP) is 4.86. The zero-order valence-electron chi connectivity index (χ0n) is 16.1. The fourth-order valence-electron chi connectivity index (χ4n) is 3.97. The second-order valence-corrected chi connectivity index (χ2v) is 9.37. The second kappa shape index (κ2) is 8.19. The Labute approximate surface area is 172 Å². The molecule has 1 saturated heterocycles. The lowest BCUT2D eigenvalue weighted by Gasteiger charge is -2.26.